The van der Waals surface area contributed by atoms with Gasteiger partial charge in [0.25, 0.3) is 5.91 Å². The molecule has 4 rings (SSSR count). The van der Waals surface area contributed by atoms with Gasteiger partial charge in [0.2, 0.25) is 5.82 Å². The number of para-hydroxylation sites is 1. The average molecular weight is 459 g/mol. The van der Waals surface area contributed by atoms with Crippen LogP contribution < -0.4 is 16.0 Å². The first-order chi connectivity index (χ1) is 14.9. The standard InChI is InChI=1S/C21H20Cl2N6O2/c1-2-17-27-19(28-29(17)18-15(22)4-3-5-16(18)23)20(30)24-12-6-8-13(9-7-12)25-21(31)26-14-10-11-14/h3-9,14H,2,10-11H2,1H3,(H,24,30)(H2,25,26,31). The lowest BCUT2D eigenvalue weighted by Crippen LogP contribution is -2.30. The van der Waals surface area contributed by atoms with Crippen LogP contribution >= 0.6 is 23.2 Å². The van der Waals surface area contributed by atoms with Crippen molar-refractivity contribution in [2.45, 2.75) is 32.2 Å². The minimum absolute atomic E-state index is 0.00107. The van der Waals surface area contributed by atoms with Crippen molar-refractivity contribution in [1.29, 1.82) is 0 Å². The van der Waals surface area contributed by atoms with E-state index in [0.717, 1.165) is 12.8 Å². The summed E-state index contributed by atoms with van der Waals surface area (Å²) in [4.78, 5) is 28.8. The molecule has 3 amide bonds. The van der Waals surface area contributed by atoms with E-state index in [2.05, 4.69) is 26.0 Å². The Morgan fingerprint density at radius 3 is 2.23 bits per heavy atom. The number of nitrogens with zero attached hydrogens (tertiary/aromatic N) is 3. The third-order valence-corrected chi connectivity index (χ3v) is 5.27. The Balaban J connectivity index is 1.47. The van der Waals surface area contributed by atoms with E-state index in [-0.39, 0.29) is 17.9 Å². The highest BCUT2D eigenvalue weighted by atomic mass is 35.5. The van der Waals surface area contributed by atoms with E-state index in [1.54, 1.807) is 42.5 Å². The highest BCUT2D eigenvalue weighted by Gasteiger charge is 2.23. The van der Waals surface area contributed by atoms with E-state index >= 15 is 0 Å². The molecule has 0 atom stereocenters. The van der Waals surface area contributed by atoms with Crippen LogP contribution in [-0.2, 0) is 6.42 Å². The lowest BCUT2D eigenvalue weighted by Gasteiger charge is -2.08. The van der Waals surface area contributed by atoms with Crippen molar-refractivity contribution in [2.24, 2.45) is 0 Å². The summed E-state index contributed by atoms with van der Waals surface area (Å²) in [5, 5.41) is 13.5. The summed E-state index contributed by atoms with van der Waals surface area (Å²) in [6, 6.07) is 12.0. The number of urea groups is 1. The number of aryl methyl sites for hydroxylation is 1. The van der Waals surface area contributed by atoms with Gasteiger partial charge < -0.3 is 16.0 Å². The van der Waals surface area contributed by atoms with E-state index in [1.807, 2.05) is 6.92 Å². The van der Waals surface area contributed by atoms with Gasteiger partial charge in [-0.1, -0.05) is 36.2 Å². The van der Waals surface area contributed by atoms with Gasteiger partial charge >= 0.3 is 6.03 Å². The van der Waals surface area contributed by atoms with Crippen molar-refractivity contribution in [2.75, 3.05) is 10.6 Å². The second kappa shape index (κ2) is 8.95. The largest absolute Gasteiger partial charge is 0.335 e. The Morgan fingerprint density at radius 2 is 1.65 bits per heavy atom. The van der Waals surface area contributed by atoms with Crippen LogP contribution in [0.1, 0.15) is 36.2 Å². The molecule has 3 N–H and O–H groups in total. The predicted molar refractivity (Wildman–Crippen MR) is 120 cm³/mol. The molecule has 1 saturated carbocycles. The Morgan fingerprint density at radius 1 is 1.03 bits per heavy atom. The van der Waals surface area contributed by atoms with E-state index in [1.165, 1.54) is 4.68 Å². The average Bonchev–Trinajstić information content (AvgIpc) is 3.44. The number of halogens is 2. The Kier molecular flexibility index (Phi) is 6.11. The SMILES string of the molecule is CCc1nc(C(=O)Nc2ccc(NC(=O)NC3CC3)cc2)nn1-c1c(Cl)cccc1Cl. The minimum Gasteiger partial charge on any atom is -0.335 e. The normalized spacial score (nSPS) is 13.0. The number of hydrogen-bond acceptors (Lipinski definition) is 4. The van der Waals surface area contributed by atoms with E-state index in [0.29, 0.717) is 39.4 Å². The Hall–Kier alpha value is -3.10. The summed E-state index contributed by atoms with van der Waals surface area (Å²) in [6.45, 7) is 1.90. The molecule has 0 bridgehead atoms. The number of anilines is 2. The maximum atomic E-state index is 12.7. The number of aromatic nitrogens is 3. The summed E-state index contributed by atoms with van der Waals surface area (Å²) >= 11 is 12.6. The zero-order valence-electron chi connectivity index (χ0n) is 16.7. The first kappa shape index (κ1) is 21.1. The predicted octanol–water partition coefficient (Wildman–Crippen LogP) is 4.67. The van der Waals surface area contributed by atoms with Crippen LogP contribution in [0.4, 0.5) is 16.2 Å². The molecule has 31 heavy (non-hydrogen) atoms. The summed E-state index contributed by atoms with van der Waals surface area (Å²) in [5.41, 5.74) is 1.65. The molecule has 10 heteroatoms. The molecule has 1 fully saturated rings. The van der Waals surface area contributed by atoms with Crippen LogP contribution in [0.15, 0.2) is 42.5 Å². The van der Waals surface area contributed by atoms with Crippen molar-refractivity contribution < 1.29 is 9.59 Å². The van der Waals surface area contributed by atoms with E-state index in [9.17, 15) is 9.59 Å². The van der Waals surface area contributed by atoms with Crippen LogP contribution in [-0.4, -0.2) is 32.7 Å². The van der Waals surface area contributed by atoms with Gasteiger partial charge in [0.1, 0.15) is 11.5 Å². The van der Waals surface area contributed by atoms with E-state index < -0.39 is 5.91 Å². The summed E-state index contributed by atoms with van der Waals surface area (Å²) < 4.78 is 1.49. The quantitative estimate of drug-likeness (QED) is 0.499. The maximum absolute atomic E-state index is 12.7. The molecule has 1 heterocycles. The molecule has 0 saturated heterocycles. The first-order valence-electron chi connectivity index (χ1n) is 9.84. The van der Waals surface area contributed by atoms with Gasteiger partial charge in [0.05, 0.1) is 10.0 Å². The van der Waals surface area contributed by atoms with Crippen molar-refractivity contribution in [3.05, 3.63) is 64.2 Å². The summed E-state index contributed by atoms with van der Waals surface area (Å²) in [7, 11) is 0. The third kappa shape index (κ3) is 4.98. The zero-order valence-corrected chi connectivity index (χ0v) is 18.2. The fourth-order valence-corrected chi connectivity index (χ4v) is 3.50. The maximum Gasteiger partial charge on any atom is 0.319 e. The van der Waals surface area contributed by atoms with E-state index in [4.69, 9.17) is 23.2 Å². The Labute approximate surface area is 189 Å². The number of nitrogens with one attached hydrogen (secondary N) is 3. The molecule has 2 aromatic carbocycles. The lowest BCUT2D eigenvalue weighted by molar-refractivity contribution is 0.101. The van der Waals surface area contributed by atoms with Gasteiger partial charge in [0, 0.05) is 23.8 Å². The molecule has 160 valence electrons. The molecule has 1 aliphatic carbocycles. The number of carbonyl (C=O) groups excluding carboxylic acids is 2. The molecule has 0 aliphatic heterocycles. The summed E-state index contributed by atoms with van der Waals surface area (Å²) in [5.74, 6) is 0.0871. The number of amides is 3. The third-order valence-electron chi connectivity index (χ3n) is 4.66. The molecule has 1 aromatic heterocycles. The lowest BCUT2D eigenvalue weighted by atomic mass is 10.2. The van der Waals surface area contributed by atoms with Crippen molar-refractivity contribution in [1.82, 2.24) is 20.1 Å². The molecule has 0 radical (unpaired) electrons. The fourth-order valence-electron chi connectivity index (χ4n) is 2.94. The molecule has 0 unspecified atom stereocenters. The molecule has 3 aromatic rings. The fraction of sp³-hybridized carbons (Fsp3) is 0.238. The van der Waals surface area contributed by atoms with Gasteiger partial charge in [-0.15, -0.1) is 5.10 Å². The van der Waals surface area contributed by atoms with Gasteiger partial charge in [-0.05, 0) is 49.2 Å². The Bertz CT molecular complexity index is 1110. The molecular formula is C21H20Cl2N6O2. The first-order valence-corrected chi connectivity index (χ1v) is 10.6. The second-order valence-electron chi connectivity index (χ2n) is 7.09. The summed E-state index contributed by atoms with van der Waals surface area (Å²) in [6.07, 6.45) is 2.57. The number of rotatable bonds is 6. The van der Waals surface area contributed by atoms with Crippen molar-refractivity contribution in [3.8, 4) is 5.69 Å². The van der Waals surface area contributed by atoms with Gasteiger partial charge in [0.15, 0.2) is 0 Å². The number of hydrogen-bond donors (Lipinski definition) is 3. The van der Waals surface area contributed by atoms with Crippen LogP contribution in [0.25, 0.3) is 5.69 Å². The topological polar surface area (TPSA) is 101 Å². The minimum atomic E-state index is -0.469. The highest BCUT2D eigenvalue weighted by molar-refractivity contribution is 6.37. The molecule has 1 aliphatic rings. The van der Waals surface area contributed by atoms with Crippen molar-refractivity contribution in [3.63, 3.8) is 0 Å². The van der Waals surface area contributed by atoms with Crippen LogP contribution in [0.5, 0.6) is 0 Å². The van der Waals surface area contributed by atoms with Gasteiger partial charge in [-0.2, -0.15) is 0 Å². The molecule has 8 nitrogen and oxygen atoms in total. The van der Waals surface area contributed by atoms with Crippen LogP contribution in [0.2, 0.25) is 10.0 Å². The monoisotopic (exact) mass is 458 g/mol. The highest BCUT2D eigenvalue weighted by Crippen LogP contribution is 2.29. The molecular weight excluding hydrogens is 439 g/mol. The molecule has 0 spiro atoms. The number of carbonyl (C=O) groups is 2. The smallest absolute Gasteiger partial charge is 0.319 e. The second-order valence-corrected chi connectivity index (χ2v) is 7.91. The number of benzene rings is 2. The van der Waals surface area contributed by atoms with Crippen molar-refractivity contribution >= 4 is 46.5 Å². The van der Waals surface area contributed by atoms with Gasteiger partial charge in [-0.3, -0.25) is 4.79 Å². The van der Waals surface area contributed by atoms with Gasteiger partial charge in [-0.25, -0.2) is 14.5 Å². The van der Waals surface area contributed by atoms with Crippen LogP contribution in [0.3, 0.4) is 0 Å². The van der Waals surface area contributed by atoms with Crippen LogP contribution in [0, 0.1) is 0 Å². The zero-order chi connectivity index (χ0) is 22.0.